The van der Waals surface area contributed by atoms with Crippen molar-refractivity contribution < 1.29 is 38.2 Å². The summed E-state index contributed by atoms with van der Waals surface area (Å²) >= 11 is 0. The number of unbranched alkanes of at least 4 members (excludes halogenated alkanes) is 18. The third kappa shape index (κ3) is 27.0. The number of hydrogen-bond acceptors (Lipinski definition) is 9. The average Bonchev–Trinajstić information content (AvgIpc) is 3.39. The minimum atomic E-state index is -1.18. The molecule has 0 saturated heterocycles. The van der Waals surface area contributed by atoms with Crippen LogP contribution in [0.2, 0.25) is 0 Å². The van der Waals surface area contributed by atoms with Crippen molar-refractivity contribution >= 4 is 29.7 Å². The lowest BCUT2D eigenvalue weighted by Crippen LogP contribution is -2.47. The highest BCUT2D eigenvalue weighted by atomic mass is 16.6. The molecule has 0 spiro atoms. The van der Waals surface area contributed by atoms with Gasteiger partial charge in [-0.25, -0.2) is 0 Å². The van der Waals surface area contributed by atoms with Gasteiger partial charge in [-0.1, -0.05) is 206 Å². The number of nitrogens with one attached hydrogen (secondary N) is 3. The fourth-order valence-electron chi connectivity index (χ4n) is 8.42. The van der Waals surface area contributed by atoms with Crippen molar-refractivity contribution in [3.8, 4) is 0 Å². The van der Waals surface area contributed by atoms with Gasteiger partial charge >= 0.3 is 17.9 Å². The molecule has 0 aliphatic rings. The highest BCUT2D eigenvalue weighted by Gasteiger charge is 2.36. The summed E-state index contributed by atoms with van der Waals surface area (Å²) in [5, 5.41) is 8.72. The second kappa shape index (κ2) is 39.1. The van der Waals surface area contributed by atoms with E-state index in [1.54, 1.807) is 0 Å². The highest BCUT2D eigenvalue weighted by Crippen LogP contribution is 2.36. The Balaban J connectivity index is 1.49. The summed E-state index contributed by atoms with van der Waals surface area (Å²) in [4.78, 5) is 64.6. The summed E-state index contributed by atoms with van der Waals surface area (Å²) in [6.45, 7) is 2.62. The summed E-state index contributed by atoms with van der Waals surface area (Å²) in [6, 6.07) is 29.5. The zero-order valence-electron chi connectivity index (χ0n) is 43.3. The van der Waals surface area contributed by atoms with E-state index in [9.17, 15) is 24.0 Å². The van der Waals surface area contributed by atoms with Crippen LogP contribution in [0.5, 0.6) is 0 Å². The highest BCUT2D eigenvalue weighted by molar-refractivity contribution is 5.82. The van der Waals surface area contributed by atoms with E-state index in [2.05, 4.69) is 54.1 Å². The van der Waals surface area contributed by atoms with Crippen LogP contribution in [-0.4, -0.2) is 68.7 Å². The van der Waals surface area contributed by atoms with E-state index in [1.165, 1.54) is 51.4 Å². The summed E-state index contributed by atoms with van der Waals surface area (Å²) < 4.78 is 16.7. The molecule has 0 bridgehead atoms. The predicted octanol–water partition coefficient (Wildman–Crippen LogP) is 12.3. The van der Waals surface area contributed by atoms with Crippen LogP contribution >= 0.6 is 0 Å². The Labute approximate surface area is 426 Å². The molecule has 0 heterocycles. The van der Waals surface area contributed by atoms with Crippen molar-refractivity contribution in [3.63, 3.8) is 0 Å². The zero-order valence-corrected chi connectivity index (χ0v) is 43.3. The monoisotopic (exact) mass is 978 g/mol. The van der Waals surface area contributed by atoms with Crippen LogP contribution in [0.4, 0.5) is 0 Å². The summed E-state index contributed by atoms with van der Waals surface area (Å²) in [5.41, 5.74) is 1.80. The SMILES string of the molecule is CCCCCC/C=C\CCCCCCCC(=O)NCC(=O)OCC(COC(=O)CNC(c1ccccc1)(c1ccccc1)c1ccccc1)OC(=O)CNC(=O)CCCCCCC/C=C\CCCCCC. The fourth-order valence-corrected chi connectivity index (χ4v) is 8.42. The van der Waals surface area contributed by atoms with Crippen molar-refractivity contribution in [3.05, 3.63) is 132 Å². The quantitative estimate of drug-likeness (QED) is 0.0166. The minimum absolute atomic E-state index is 0.228. The van der Waals surface area contributed by atoms with E-state index in [1.807, 2.05) is 91.0 Å². The molecule has 71 heavy (non-hydrogen) atoms. The van der Waals surface area contributed by atoms with Crippen LogP contribution in [0.3, 0.4) is 0 Å². The van der Waals surface area contributed by atoms with E-state index >= 15 is 0 Å². The maximum absolute atomic E-state index is 13.6. The molecule has 11 nitrogen and oxygen atoms in total. The lowest BCUT2D eigenvalue weighted by molar-refractivity contribution is -0.165. The number of rotatable bonds is 41. The van der Waals surface area contributed by atoms with Crippen molar-refractivity contribution in [1.29, 1.82) is 0 Å². The summed E-state index contributed by atoms with van der Waals surface area (Å²) in [5.74, 6) is -2.65. The first-order chi connectivity index (χ1) is 34.8. The fraction of sp³-hybridized carbons (Fsp3) is 0.550. The maximum Gasteiger partial charge on any atom is 0.325 e. The van der Waals surface area contributed by atoms with Crippen molar-refractivity contribution in [2.75, 3.05) is 32.8 Å². The molecule has 3 aromatic rings. The smallest absolute Gasteiger partial charge is 0.325 e. The number of hydrogen-bond donors (Lipinski definition) is 3. The van der Waals surface area contributed by atoms with Gasteiger partial charge < -0.3 is 24.8 Å². The number of carbonyl (C=O) groups excluding carboxylic acids is 5. The molecule has 0 aliphatic heterocycles. The first-order valence-corrected chi connectivity index (χ1v) is 27.0. The number of benzene rings is 3. The van der Waals surface area contributed by atoms with Gasteiger partial charge in [0.25, 0.3) is 0 Å². The zero-order chi connectivity index (χ0) is 50.9. The van der Waals surface area contributed by atoms with E-state index in [4.69, 9.17) is 14.2 Å². The van der Waals surface area contributed by atoms with E-state index in [0.717, 1.165) is 100 Å². The molecule has 0 aliphatic carbocycles. The second-order valence-corrected chi connectivity index (χ2v) is 18.5. The van der Waals surface area contributed by atoms with Gasteiger partial charge in [0.05, 0.1) is 12.1 Å². The molecule has 3 aromatic carbocycles. The Bertz CT molecular complexity index is 1840. The molecular weight excluding hydrogens is 891 g/mol. The third-order valence-electron chi connectivity index (χ3n) is 12.5. The molecular formula is C60H87N3O8. The lowest BCUT2D eigenvalue weighted by Gasteiger charge is -2.37. The summed E-state index contributed by atoms with van der Waals surface area (Å²) in [6.07, 6.45) is 33.2. The van der Waals surface area contributed by atoms with Gasteiger partial charge in [-0.2, -0.15) is 0 Å². The van der Waals surface area contributed by atoms with Crippen LogP contribution in [0.15, 0.2) is 115 Å². The molecule has 1 unspecified atom stereocenters. The van der Waals surface area contributed by atoms with Crippen molar-refractivity contribution in [2.24, 2.45) is 0 Å². The van der Waals surface area contributed by atoms with Crippen LogP contribution in [0.1, 0.15) is 185 Å². The minimum Gasteiger partial charge on any atom is -0.461 e. The number of allylic oxidation sites excluding steroid dienone is 4. The van der Waals surface area contributed by atoms with Crippen molar-refractivity contribution in [2.45, 2.75) is 180 Å². The molecule has 0 saturated carbocycles. The Morgan fingerprint density at radius 3 is 1.17 bits per heavy atom. The molecule has 390 valence electrons. The molecule has 2 amide bonds. The summed E-state index contributed by atoms with van der Waals surface area (Å²) in [7, 11) is 0. The second-order valence-electron chi connectivity index (χ2n) is 18.5. The predicted molar refractivity (Wildman–Crippen MR) is 285 cm³/mol. The largest absolute Gasteiger partial charge is 0.461 e. The van der Waals surface area contributed by atoms with E-state index < -0.39 is 49.3 Å². The number of amides is 2. The van der Waals surface area contributed by atoms with Gasteiger partial charge in [0.2, 0.25) is 11.8 Å². The Morgan fingerprint density at radius 2 is 0.775 bits per heavy atom. The van der Waals surface area contributed by atoms with E-state index in [0.29, 0.717) is 12.8 Å². The van der Waals surface area contributed by atoms with Gasteiger partial charge in [0, 0.05) is 12.8 Å². The van der Waals surface area contributed by atoms with Crippen LogP contribution in [0.25, 0.3) is 0 Å². The van der Waals surface area contributed by atoms with Gasteiger partial charge in [-0.15, -0.1) is 0 Å². The Kier molecular flexibility index (Phi) is 32.9. The molecule has 0 fully saturated rings. The van der Waals surface area contributed by atoms with Crippen LogP contribution in [0, 0.1) is 0 Å². The topological polar surface area (TPSA) is 149 Å². The van der Waals surface area contributed by atoms with Gasteiger partial charge in [0.1, 0.15) is 26.3 Å². The molecule has 0 radical (unpaired) electrons. The molecule has 3 rings (SSSR count). The van der Waals surface area contributed by atoms with Crippen molar-refractivity contribution in [1.82, 2.24) is 16.0 Å². The van der Waals surface area contributed by atoms with Crippen LogP contribution in [-0.2, 0) is 43.7 Å². The molecule has 3 N–H and O–H groups in total. The Morgan fingerprint density at radius 1 is 0.437 bits per heavy atom. The van der Waals surface area contributed by atoms with E-state index in [-0.39, 0.29) is 31.3 Å². The first kappa shape index (κ1) is 59.8. The first-order valence-electron chi connectivity index (χ1n) is 27.0. The third-order valence-corrected chi connectivity index (χ3v) is 12.5. The van der Waals surface area contributed by atoms with Crippen LogP contribution < -0.4 is 16.0 Å². The van der Waals surface area contributed by atoms with Gasteiger partial charge in [0.15, 0.2) is 6.10 Å². The number of ether oxygens (including phenoxy) is 3. The van der Waals surface area contributed by atoms with Gasteiger partial charge in [-0.05, 0) is 80.9 Å². The number of esters is 3. The average molecular weight is 978 g/mol. The Hall–Kier alpha value is -5.55. The van der Waals surface area contributed by atoms with Gasteiger partial charge in [-0.3, -0.25) is 29.3 Å². The molecule has 1 atom stereocenters. The standard InChI is InChI=1S/C60H87N3O8/c1-3-5-7-9-11-13-15-17-19-21-23-25-36-44-55(64)61-46-57(66)69-49-54(71-59(68)47-62-56(65)45-37-26-24-22-20-18-16-14-12-10-8-6-4-2)50-70-58(67)48-63-60(51-38-30-27-31-39-51,52-40-32-28-33-41-52)53-42-34-29-35-43-53/h13-16,27-35,38-43,54,63H,3-12,17-26,36-37,44-50H2,1-2H3,(H,61,64)(H,62,65)/b15-13-,16-14-. The lowest BCUT2D eigenvalue weighted by atomic mass is 9.77. The normalized spacial score (nSPS) is 11.9. The maximum atomic E-state index is 13.6. The molecule has 11 heteroatoms. The number of carbonyl (C=O) groups is 5. The molecule has 0 aromatic heterocycles.